The molecule has 0 saturated heterocycles. The molecule has 0 unspecified atom stereocenters. The third-order valence-corrected chi connectivity index (χ3v) is 2.63. The summed E-state index contributed by atoms with van der Waals surface area (Å²) < 4.78 is 1.61. The van der Waals surface area contributed by atoms with Gasteiger partial charge in [0.25, 0.3) is 5.91 Å². The van der Waals surface area contributed by atoms with Crippen LogP contribution in [-0.2, 0) is 7.05 Å². The van der Waals surface area contributed by atoms with Crippen LogP contribution in [0, 0.1) is 5.41 Å². The van der Waals surface area contributed by atoms with Gasteiger partial charge in [0.1, 0.15) is 5.69 Å². The Labute approximate surface area is 101 Å². The molecule has 0 radical (unpaired) electrons. The van der Waals surface area contributed by atoms with Crippen molar-refractivity contribution in [3.63, 3.8) is 0 Å². The number of rotatable bonds is 5. The fourth-order valence-electron chi connectivity index (χ4n) is 1.29. The zero-order chi connectivity index (χ0) is 12.2. The van der Waals surface area contributed by atoms with Crippen LogP contribution in [0.2, 0.25) is 0 Å². The number of aromatic nitrogens is 2. The highest BCUT2D eigenvalue weighted by Gasteiger charge is 2.19. The van der Waals surface area contributed by atoms with Crippen molar-refractivity contribution in [2.45, 2.75) is 20.3 Å². The molecule has 0 aliphatic rings. The van der Waals surface area contributed by atoms with Crippen molar-refractivity contribution in [1.82, 2.24) is 15.1 Å². The predicted octanol–water partition coefficient (Wildman–Crippen LogP) is 1.80. The Kier molecular flexibility index (Phi) is 4.35. The smallest absolute Gasteiger partial charge is 0.271 e. The average molecular weight is 244 g/mol. The second-order valence-electron chi connectivity index (χ2n) is 4.66. The number of aryl methyl sites for hydroxylation is 1. The SMILES string of the molecule is Cn1ccc(C(=O)NCC(C)(C)CCCl)n1. The monoisotopic (exact) mass is 243 g/mol. The van der Waals surface area contributed by atoms with Gasteiger partial charge in [-0.3, -0.25) is 9.48 Å². The van der Waals surface area contributed by atoms with Crippen LogP contribution in [0.1, 0.15) is 30.8 Å². The van der Waals surface area contributed by atoms with Gasteiger partial charge in [0, 0.05) is 25.7 Å². The van der Waals surface area contributed by atoms with Crippen LogP contribution in [0.25, 0.3) is 0 Å². The van der Waals surface area contributed by atoms with Crippen molar-refractivity contribution in [2.24, 2.45) is 12.5 Å². The second kappa shape index (κ2) is 5.34. The molecule has 0 atom stereocenters. The maximum atomic E-state index is 11.7. The van der Waals surface area contributed by atoms with Crippen molar-refractivity contribution in [1.29, 1.82) is 0 Å². The molecule has 1 rings (SSSR count). The van der Waals surface area contributed by atoms with Crippen LogP contribution >= 0.6 is 11.6 Å². The molecule has 0 bridgehead atoms. The molecule has 4 nitrogen and oxygen atoms in total. The van der Waals surface area contributed by atoms with Gasteiger partial charge >= 0.3 is 0 Å². The molecule has 90 valence electrons. The third-order valence-electron chi connectivity index (χ3n) is 2.45. The van der Waals surface area contributed by atoms with Gasteiger partial charge in [-0.2, -0.15) is 5.10 Å². The van der Waals surface area contributed by atoms with Crippen LogP contribution in [-0.4, -0.2) is 28.1 Å². The maximum absolute atomic E-state index is 11.7. The van der Waals surface area contributed by atoms with Crippen LogP contribution in [0.3, 0.4) is 0 Å². The fourth-order valence-corrected chi connectivity index (χ4v) is 1.80. The lowest BCUT2D eigenvalue weighted by Crippen LogP contribution is -2.34. The Morgan fingerprint density at radius 1 is 1.62 bits per heavy atom. The largest absolute Gasteiger partial charge is 0.350 e. The summed E-state index contributed by atoms with van der Waals surface area (Å²) in [6.07, 6.45) is 2.62. The van der Waals surface area contributed by atoms with E-state index in [2.05, 4.69) is 24.3 Å². The number of nitrogens with one attached hydrogen (secondary N) is 1. The standard InChI is InChI=1S/C11H18ClN3O/c1-11(2,5-6-12)8-13-10(16)9-4-7-15(3)14-9/h4,7H,5-6,8H2,1-3H3,(H,13,16). The van der Waals surface area contributed by atoms with Gasteiger partial charge in [-0.15, -0.1) is 11.6 Å². The predicted molar refractivity (Wildman–Crippen MR) is 64.7 cm³/mol. The summed E-state index contributed by atoms with van der Waals surface area (Å²) >= 11 is 5.69. The Morgan fingerprint density at radius 2 is 2.31 bits per heavy atom. The van der Waals surface area contributed by atoms with E-state index in [1.807, 2.05) is 0 Å². The normalized spacial score (nSPS) is 11.5. The van der Waals surface area contributed by atoms with E-state index in [0.717, 1.165) is 6.42 Å². The molecular weight excluding hydrogens is 226 g/mol. The number of amides is 1. The summed E-state index contributed by atoms with van der Waals surface area (Å²) in [5.74, 6) is 0.468. The lowest BCUT2D eigenvalue weighted by Gasteiger charge is -2.23. The fraction of sp³-hybridized carbons (Fsp3) is 0.636. The molecule has 0 aromatic carbocycles. The number of hydrogen-bond donors (Lipinski definition) is 1. The minimum Gasteiger partial charge on any atom is -0.350 e. The highest BCUT2D eigenvalue weighted by Crippen LogP contribution is 2.19. The molecular formula is C11H18ClN3O. The van der Waals surface area contributed by atoms with E-state index in [1.54, 1.807) is 24.0 Å². The van der Waals surface area contributed by atoms with Crippen LogP contribution in [0.5, 0.6) is 0 Å². The van der Waals surface area contributed by atoms with Crippen LogP contribution < -0.4 is 5.32 Å². The van der Waals surface area contributed by atoms with Gasteiger partial charge in [-0.25, -0.2) is 0 Å². The van der Waals surface area contributed by atoms with E-state index in [4.69, 9.17) is 11.6 Å². The zero-order valence-electron chi connectivity index (χ0n) is 9.96. The van der Waals surface area contributed by atoms with E-state index < -0.39 is 0 Å². The molecule has 0 aliphatic carbocycles. The number of hydrogen-bond acceptors (Lipinski definition) is 2. The number of carbonyl (C=O) groups is 1. The molecule has 1 aromatic heterocycles. The van der Waals surface area contributed by atoms with Crippen molar-refractivity contribution in [3.8, 4) is 0 Å². The number of carbonyl (C=O) groups excluding carboxylic acids is 1. The highest BCUT2D eigenvalue weighted by atomic mass is 35.5. The van der Waals surface area contributed by atoms with Gasteiger partial charge in [0.05, 0.1) is 0 Å². The van der Waals surface area contributed by atoms with Crippen molar-refractivity contribution in [3.05, 3.63) is 18.0 Å². The minimum atomic E-state index is -0.136. The van der Waals surface area contributed by atoms with Gasteiger partial charge < -0.3 is 5.32 Å². The average Bonchev–Trinajstić information content (AvgIpc) is 2.61. The summed E-state index contributed by atoms with van der Waals surface area (Å²) in [5, 5.41) is 6.90. The third kappa shape index (κ3) is 3.85. The summed E-state index contributed by atoms with van der Waals surface area (Å²) in [4.78, 5) is 11.7. The number of nitrogens with zero attached hydrogens (tertiary/aromatic N) is 2. The molecule has 0 aliphatic heterocycles. The van der Waals surface area contributed by atoms with Gasteiger partial charge in [0.2, 0.25) is 0 Å². The van der Waals surface area contributed by atoms with Crippen LogP contribution in [0.15, 0.2) is 12.3 Å². The number of halogens is 1. The molecule has 5 heteroatoms. The molecule has 0 spiro atoms. The van der Waals surface area contributed by atoms with Gasteiger partial charge in [-0.05, 0) is 17.9 Å². The Morgan fingerprint density at radius 3 is 2.81 bits per heavy atom. The second-order valence-corrected chi connectivity index (χ2v) is 5.04. The van der Waals surface area contributed by atoms with E-state index >= 15 is 0 Å². The highest BCUT2D eigenvalue weighted by molar-refractivity contribution is 6.17. The zero-order valence-corrected chi connectivity index (χ0v) is 10.7. The molecule has 1 heterocycles. The molecule has 0 fully saturated rings. The summed E-state index contributed by atoms with van der Waals surface area (Å²) in [6, 6.07) is 1.70. The molecule has 1 aromatic rings. The van der Waals surface area contributed by atoms with E-state index in [-0.39, 0.29) is 11.3 Å². The molecule has 1 N–H and O–H groups in total. The Hall–Kier alpha value is -1.03. The Balaban J connectivity index is 2.47. The first-order chi connectivity index (χ1) is 7.44. The summed E-state index contributed by atoms with van der Waals surface area (Å²) in [7, 11) is 1.79. The van der Waals surface area contributed by atoms with Crippen molar-refractivity contribution < 1.29 is 4.79 Å². The summed E-state index contributed by atoms with van der Waals surface area (Å²) in [6.45, 7) is 4.76. The van der Waals surface area contributed by atoms with Gasteiger partial charge in [0.15, 0.2) is 0 Å². The topological polar surface area (TPSA) is 46.9 Å². The summed E-state index contributed by atoms with van der Waals surface area (Å²) in [5.41, 5.74) is 0.468. The molecule has 16 heavy (non-hydrogen) atoms. The molecule has 0 saturated carbocycles. The van der Waals surface area contributed by atoms with Crippen LogP contribution in [0.4, 0.5) is 0 Å². The number of alkyl halides is 1. The first kappa shape index (κ1) is 13.0. The van der Waals surface area contributed by atoms with Crippen molar-refractivity contribution >= 4 is 17.5 Å². The Bertz CT molecular complexity index is 360. The lowest BCUT2D eigenvalue weighted by atomic mass is 9.90. The lowest BCUT2D eigenvalue weighted by molar-refractivity contribution is 0.0930. The molecule has 1 amide bonds. The van der Waals surface area contributed by atoms with Crippen molar-refractivity contribution in [2.75, 3.05) is 12.4 Å². The van der Waals surface area contributed by atoms with E-state index in [1.165, 1.54) is 0 Å². The van der Waals surface area contributed by atoms with E-state index in [9.17, 15) is 4.79 Å². The first-order valence-corrected chi connectivity index (χ1v) is 5.82. The quantitative estimate of drug-likeness (QED) is 0.802. The van der Waals surface area contributed by atoms with Gasteiger partial charge in [-0.1, -0.05) is 13.8 Å². The first-order valence-electron chi connectivity index (χ1n) is 5.28. The maximum Gasteiger partial charge on any atom is 0.271 e. The van der Waals surface area contributed by atoms with E-state index in [0.29, 0.717) is 18.1 Å². The minimum absolute atomic E-state index is 0.0200.